The fraction of sp³-hybridized carbons (Fsp3) is 0.800. The lowest BCUT2D eigenvalue weighted by Crippen LogP contribution is -2.39. The molecule has 0 amide bonds. The molecule has 0 aliphatic carbocycles. The highest BCUT2D eigenvalue weighted by molar-refractivity contribution is 8.93. The Morgan fingerprint density at radius 2 is 2.44 bits per heavy atom. The lowest BCUT2D eigenvalue weighted by Gasteiger charge is -2.17. The van der Waals surface area contributed by atoms with E-state index in [1.54, 1.807) is 0 Å². The molecule has 0 spiro atoms. The monoisotopic (exact) mass is 195 g/mol. The van der Waals surface area contributed by atoms with E-state index < -0.39 is 0 Å². The zero-order valence-electron chi connectivity index (χ0n) is 5.00. The number of carbonyl (C=O) groups is 1. The first-order valence-electron chi connectivity index (χ1n) is 2.71. The third-order valence-electron chi connectivity index (χ3n) is 1.11. The van der Waals surface area contributed by atoms with Crippen molar-refractivity contribution in [2.75, 3.05) is 19.7 Å². The van der Waals surface area contributed by atoms with Crippen LogP contribution < -0.4 is 5.32 Å². The van der Waals surface area contributed by atoms with E-state index in [4.69, 9.17) is 4.74 Å². The van der Waals surface area contributed by atoms with Crippen LogP contribution in [0.25, 0.3) is 0 Å². The Balaban J connectivity index is 0.000000640. The molecule has 1 saturated heterocycles. The number of aldehydes is 1. The molecule has 1 aliphatic heterocycles. The predicted molar refractivity (Wildman–Crippen MR) is 39.0 cm³/mol. The van der Waals surface area contributed by atoms with Crippen LogP contribution >= 0.6 is 17.0 Å². The van der Waals surface area contributed by atoms with Crippen molar-refractivity contribution in [3.63, 3.8) is 0 Å². The highest BCUT2D eigenvalue weighted by Gasteiger charge is 2.09. The smallest absolute Gasteiger partial charge is 0.150 e. The average molecular weight is 196 g/mol. The second-order valence-corrected chi connectivity index (χ2v) is 1.75. The number of hydrogen-bond acceptors (Lipinski definition) is 3. The molecule has 1 rings (SSSR count). The van der Waals surface area contributed by atoms with E-state index in [1.807, 2.05) is 0 Å². The van der Waals surface area contributed by atoms with E-state index in [0.717, 1.165) is 12.8 Å². The van der Waals surface area contributed by atoms with Crippen LogP contribution in [0.1, 0.15) is 0 Å². The van der Waals surface area contributed by atoms with Crippen molar-refractivity contribution in [2.24, 2.45) is 0 Å². The molecule has 0 bridgehead atoms. The molecule has 9 heavy (non-hydrogen) atoms. The van der Waals surface area contributed by atoms with Crippen molar-refractivity contribution in [2.45, 2.75) is 6.10 Å². The van der Waals surface area contributed by atoms with Crippen LogP contribution in [0.4, 0.5) is 0 Å². The quantitative estimate of drug-likeness (QED) is 0.588. The first kappa shape index (κ1) is 9.07. The van der Waals surface area contributed by atoms with Crippen LogP contribution in [0, 0.1) is 0 Å². The van der Waals surface area contributed by atoms with Gasteiger partial charge in [0.05, 0.1) is 6.61 Å². The lowest BCUT2D eigenvalue weighted by atomic mass is 10.3. The largest absolute Gasteiger partial charge is 0.368 e. The molecule has 4 heteroatoms. The summed E-state index contributed by atoms with van der Waals surface area (Å²) in [4.78, 5) is 9.99. The summed E-state index contributed by atoms with van der Waals surface area (Å²) in [5.74, 6) is 0. The molecule has 0 aromatic rings. The molecule has 1 atom stereocenters. The van der Waals surface area contributed by atoms with Gasteiger partial charge in [0.1, 0.15) is 12.4 Å². The van der Waals surface area contributed by atoms with Crippen molar-refractivity contribution < 1.29 is 9.53 Å². The summed E-state index contributed by atoms with van der Waals surface area (Å²) in [6, 6.07) is 0. The number of halogens is 1. The van der Waals surface area contributed by atoms with Gasteiger partial charge in [-0.05, 0) is 0 Å². The first-order valence-corrected chi connectivity index (χ1v) is 2.71. The minimum absolute atomic E-state index is 0. The SMILES string of the molecule is Br.O=CC1CNCCO1. The third-order valence-corrected chi connectivity index (χ3v) is 1.11. The number of carbonyl (C=O) groups excluding carboxylic acids is 1. The van der Waals surface area contributed by atoms with Crippen LogP contribution in [0.3, 0.4) is 0 Å². The Hall–Kier alpha value is 0.0700. The van der Waals surface area contributed by atoms with E-state index >= 15 is 0 Å². The minimum Gasteiger partial charge on any atom is -0.368 e. The number of nitrogens with one attached hydrogen (secondary N) is 1. The minimum atomic E-state index is -0.205. The van der Waals surface area contributed by atoms with Crippen molar-refractivity contribution in [1.82, 2.24) is 5.32 Å². The van der Waals surface area contributed by atoms with Crippen LogP contribution in [0.2, 0.25) is 0 Å². The van der Waals surface area contributed by atoms with Crippen molar-refractivity contribution in [3.05, 3.63) is 0 Å². The van der Waals surface area contributed by atoms with Crippen molar-refractivity contribution >= 4 is 23.3 Å². The number of hydrogen-bond donors (Lipinski definition) is 1. The third kappa shape index (κ3) is 2.93. The lowest BCUT2D eigenvalue weighted by molar-refractivity contribution is -0.119. The maximum absolute atomic E-state index is 9.99. The zero-order chi connectivity index (χ0) is 5.82. The number of ether oxygens (including phenoxy) is 1. The van der Waals surface area contributed by atoms with Crippen LogP contribution in [0.5, 0.6) is 0 Å². The van der Waals surface area contributed by atoms with E-state index in [-0.39, 0.29) is 23.1 Å². The molecule has 0 radical (unpaired) electrons. The summed E-state index contributed by atoms with van der Waals surface area (Å²) >= 11 is 0. The van der Waals surface area contributed by atoms with Gasteiger partial charge in [-0.15, -0.1) is 17.0 Å². The first-order chi connectivity index (χ1) is 3.93. The molecule has 1 N–H and O–H groups in total. The molecule has 0 aromatic carbocycles. The molecule has 54 valence electrons. The van der Waals surface area contributed by atoms with Gasteiger partial charge in [0.15, 0.2) is 0 Å². The topological polar surface area (TPSA) is 38.3 Å². The second kappa shape index (κ2) is 4.90. The van der Waals surface area contributed by atoms with Gasteiger partial charge in [0, 0.05) is 13.1 Å². The summed E-state index contributed by atoms with van der Waals surface area (Å²) in [7, 11) is 0. The Morgan fingerprint density at radius 1 is 1.67 bits per heavy atom. The van der Waals surface area contributed by atoms with Gasteiger partial charge >= 0.3 is 0 Å². The predicted octanol–water partition coefficient (Wildman–Crippen LogP) is -0.248. The molecule has 3 nitrogen and oxygen atoms in total. The average Bonchev–Trinajstić information content (AvgIpc) is 1.90. The molecule has 1 aliphatic rings. The van der Waals surface area contributed by atoms with Gasteiger partial charge in [-0.2, -0.15) is 0 Å². The Bertz CT molecular complexity index is 83.0. The zero-order valence-corrected chi connectivity index (χ0v) is 6.71. The molecule has 0 saturated carbocycles. The van der Waals surface area contributed by atoms with Gasteiger partial charge in [0.2, 0.25) is 0 Å². The molecule has 1 fully saturated rings. The fourth-order valence-electron chi connectivity index (χ4n) is 0.673. The van der Waals surface area contributed by atoms with E-state index in [2.05, 4.69) is 5.32 Å². The Kier molecular flexibility index (Phi) is 4.94. The molecule has 1 unspecified atom stereocenters. The van der Waals surface area contributed by atoms with Gasteiger partial charge in [-0.3, -0.25) is 0 Å². The van der Waals surface area contributed by atoms with Gasteiger partial charge in [-0.1, -0.05) is 0 Å². The maximum atomic E-state index is 9.99. The summed E-state index contributed by atoms with van der Waals surface area (Å²) < 4.78 is 5.00. The number of rotatable bonds is 1. The maximum Gasteiger partial charge on any atom is 0.150 e. The molecule has 0 aromatic heterocycles. The molecule has 1 heterocycles. The van der Waals surface area contributed by atoms with Crippen LogP contribution in [-0.4, -0.2) is 32.1 Å². The summed E-state index contributed by atoms with van der Waals surface area (Å²) in [5.41, 5.74) is 0. The highest BCUT2D eigenvalue weighted by atomic mass is 79.9. The van der Waals surface area contributed by atoms with E-state index in [1.165, 1.54) is 0 Å². The van der Waals surface area contributed by atoms with Gasteiger partial charge in [0.25, 0.3) is 0 Å². The molecular formula is C5H10BrNO2. The van der Waals surface area contributed by atoms with Crippen molar-refractivity contribution in [1.29, 1.82) is 0 Å². The van der Waals surface area contributed by atoms with E-state index in [9.17, 15) is 4.79 Å². The fourth-order valence-corrected chi connectivity index (χ4v) is 0.673. The molecular weight excluding hydrogens is 186 g/mol. The van der Waals surface area contributed by atoms with Crippen molar-refractivity contribution in [3.8, 4) is 0 Å². The van der Waals surface area contributed by atoms with Gasteiger partial charge < -0.3 is 14.8 Å². The number of morpholine rings is 1. The second-order valence-electron chi connectivity index (χ2n) is 1.75. The normalized spacial score (nSPS) is 26.4. The summed E-state index contributed by atoms with van der Waals surface area (Å²) in [5, 5.41) is 3.03. The summed E-state index contributed by atoms with van der Waals surface area (Å²) in [6.45, 7) is 2.19. The van der Waals surface area contributed by atoms with Crippen LogP contribution in [0.15, 0.2) is 0 Å². The Labute approximate surface area is 64.5 Å². The Morgan fingerprint density at radius 3 is 2.78 bits per heavy atom. The van der Waals surface area contributed by atoms with E-state index in [0.29, 0.717) is 13.2 Å². The standard InChI is InChI=1S/C5H9NO2.BrH/c7-4-5-3-6-1-2-8-5;/h4-6H,1-3H2;1H. The summed E-state index contributed by atoms with van der Waals surface area (Å²) in [6.07, 6.45) is 0.621. The van der Waals surface area contributed by atoms with Gasteiger partial charge in [-0.25, -0.2) is 0 Å². The highest BCUT2D eigenvalue weighted by Crippen LogP contribution is 1.89. The van der Waals surface area contributed by atoms with Crippen LogP contribution in [-0.2, 0) is 9.53 Å².